The molecule has 0 bridgehead atoms. The molecule has 1 heterocycles. The molecular formula is C11H17ClN2. The Morgan fingerprint density at radius 2 is 2.00 bits per heavy atom. The summed E-state index contributed by atoms with van der Waals surface area (Å²) in [6.45, 7) is 2.16. The van der Waals surface area contributed by atoms with Gasteiger partial charge in [0, 0.05) is 24.8 Å². The largest absolute Gasteiger partial charge is 0.306 e. The van der Waals surface area contributed by atoms with Crippen LogP contribution >= 0.6 is 11.6 Å². The van der Waals surface area contributed by atoms with E-state index in [-0.39, 0.29) is 0 Å². The summed E-state index contributed by atoms with van der Waals surface area (Å²) < 4.78 is 0. The second kappa shape index (κ2) is 6.80. The smallest absolute Gasteiger partial charge is 0.0270 e. The third kappa shape index (κ3) is 4.58. The summed E-state index contributed by atoms with van der Waals surface area (Å²) in [5.74, 6) is 0.750. The zero-order valence-corrected chi connectivity index (χ0v) is 9.37. The first kappa shape index (κ1) is 11.5. The standard InChI is InChI=1S/C11H17ClN2/c1-14(9-2-6-12)10-5-11-3-7-13-8-4-11/h3-4,7-8H,2,5-6,9-10H2,1H3. The Labute approximate surface area is 90.9 Å². The predicted molar refractivity (Wildman–Crippen MR) is 60.8 cm³/mol. The van der Waals surface area contributed by atoms with Crippen molar-refractivity contribution in [1.29, 1.82) is 0 Å². The lowest BCUT2D eigenvalue weighted by atomic mass is 10.2. The van der Waals surface area contributed by atoms with Crippen LogP contribution in [0.4, 0.5) is 0 Å². The zero-order chi connectivity index (χ0) is 10.2. The van der Waals surface area contributed by atoms with Gasteiger partial charge in [-0.25, -0.2) is 0 Å². The van der Waals surface area contributed by atoms with Crippen molar-refractivity contribution in [3.8, 4) is 0 Å². The first-order valence-corrected chi connectivity index (χ1v) is 5.50. The van der Waals surface area contributed by atoms with Gasteiger partial charge in [-0.15, -0.1) is 11.6 Å². The van der Waals surface area contributed by atoms with Crippen molar-refractivity contribution in [3.05, 3.63) is 30.1 Å². The molecule has 1 rings (SSSR count). The molecule has 0 N–H and O–H groups in total. The monoisotopic (exact) mass is 212 g/mol. The van der Waals surface area contributed by atoms with E-state index in [2.05, 4.69) is 29.1 Å². The van der Waals surface area contributed by atoms with E-state index in [0.29, 0.717) is 0 Å². The molecule has 0 amide bonds. The molecule has 0 saturated carbocycles. The minimum Gasteiger partial charge on any atom is -0.306 e. The molecule has 0 unspecified atom stereocenters. The number of aromatic nitrogens is 1. The van der Waals surface area contributed by atoms with E-state index >= 15 is 0 Å². The van der Waals surface area contributed by atoms with Crippen molar-refractivity contribution >= 4 is 11.6 Å². The van der Waals surface area contributed by atoms with Crippen LogP contribution in [0.25, 0.3) is 0 Å². The van der Waals surface area contributed by atoms with Gasteiger partial charge in [0.15, 0.2) is 0 Å². The van der Waals surface area contributed by atoms with Crippen molar-refractivity contribution in [2.45, 2.75) is 12.8 Å². The topological polar surface area (TPSA) is 16.1 Å². The summed E-state index contributed by atoms with van der Waals surface area (Å²) in [5, 5.41) is 0. The van der Waals surface area contributed by atoms with E-state index < -0.39 is 0 Å². The maximum absolute atomic E-state index is 5.63. The Balaban J connectivity index is 2.20. The zero-order valence-electron chi connectivity index (χ0n) is 8.62. The van der Waals surface area contributed by atoms with Gasteiger partial charge in [0.05, 0.1) is 0 Å². The van der Waals surface area contributed by atoms with E-state index in [1.807, 2.05) is 12.4 Å². The van der Waals surface area contributed by atoms with Crippen LogP contribution in [0, 0.1) is 0 Å². The molecule has 1 aromatic rings. The predicted octanol–water partition coefficient (Wildman–Crippen LogP) is 2.18. The second-order valence-corrected chi connectivity index (χ2v) is 3.83. The lowest BCUT2D eigenvalue weighted by Gasteiger charge is -2.15. The van der Waals surface area contributed by atoms with Crippen LogP contribution < -0.4 is 0 Å². The van der Waals surface area contributed by atoms with Gasteiger partial charge in [-0.3, -0.25) is 4.98 Å². The first-order chi connectivity index (χ1) is 6.83. The molecule has 2 nitrogen and oxygen atoms in total. The summed E-state index contributed by atoms with van der Waals surface area (Å²) in [6.07, 6.45) is 5.83. The van der Waals surface area contributed by atoms with Crippen LogP contribution in [0.1, 0.15) is 12.0 Å². The molecule has 0 aromatic carbocycles. The van der Waals surface area contributed by atoms with Gasteiger partial charge >= 0.3 is 0 Å². The summed E-state index contributed by atoms with van der Waals surface area (Å²) in [4.78, 5) is 6.30. The maximum atomic E-state index is 5.63. The molecular weight excluding hydrogens is 196 g/mol. The van der Waals surface area contributed by atoms with Crippen LogP contribution in [0.3, 0.4) is 0 Å². The Kier molecular flexibility index (Phi) is 5.57. The Morgan fingerprint density at radius 3 is 2.64 bits per heavy atom. The van der Waals surface area contributed by atoms with Gasteiger partial charge < -0.3 is 4.90 Å². The third-order valence-electron chi connectivity index (χ3n) is 2.21. The quantitative estimate of drug-likeness (QED) is 0.672. The summed E-state index contributed by atoms with van der Waals surface area (Å²) >= 11 is 5.63. The number of rotatable bonds is 6. The Bertz CT molecular complexity index is 238. The van der Waals surface area contributed by atoms with E-state index in [9.17, 15) is 0 Å². The molecule has 0 spiro atoms. The van der Waals surface area contributed by atoms with Crippen molar-refractivity contribution in [1.82, 2.24) is 9.88 Å². The molecule has 78 valence electrons. The van der Waals surface area contributed by atoms with Crippen LogP contribution in [0.15, 0.2) is 24.5 Å². The van der Waals surface area contributed by atoms with Crippen molar-refractivity contribution < 1.29 is 0 Å². The lowest BCUT2D eigenvalue weighted by Crippen LogP contribution is -2.22. The normalized spacial score (nSPS) is 10.8. The van der Waals surface area contributed by atoms with E-state index in [1.165, 1.54) is 5.56 Å². The highest BCUT2D eigenvalue weighted by Crippen LogP contribution is 1.99. The van der Waals surface area contributed by atoms with Gasteiger partial charge in [-0.05, 0) is 44.1 Å². The molecule has 0 atom stereocenters. The fourth-order valence-electron chi connectivity index (χ4n) is 1.31. The van der Waals surface area contributed by atoms with Crippen LogP contribution in [-0.4, -0.2) is 35.9 Å². The van der Waals surface area contributed by atoms with Crippen molar-refractivity contribution in [2.24, 2.45) is 0 Å². The summed E-state index contributed by atoms with van der Waals surface area (Å²) in [5.41, 5.74) is 1.35. The van der Waals surface area contributed by atoms with E-state index in [4.69, 9.17) is 11.6 Å². The number of alkyl halides is 1. The van der Waals surface area contributed by atoms with E-state index in [1.54, 1.807) is 0 Å². The maximum Gasteiger partial charge on any atom is 0.0270 e. The molecule has 0 radical (unpaired) electrons. The molecule has 3 heteroatoms. The van der Waals surface area contributed by atoms with Crippen molar-refractivity contribution in [2.75, 3.05) is 26.0 Å². The van der Waals surface area contributed by atoms with Gasteiger partial charge in [0.1, 0.15) is 0 Å². The number of hydrogen-bond acceptors (Lipinski definition) is 2. The highest BCUT2D eigenvalue weighted by molar-refractivity contribution is 6.17. The fraction of sp³-hybridized carbons (Fsp3) is 0.545. The number of halogens is 1. The van der Waals surface area contributed by atoms with Gasteiger partial charge in [0.25, 0.3) is 0 Å². The molecule has 0 aliphatic carbocycles. The summed E-state index contributed by atoms with van der Waals surface area (Å²) in [6, 6.07) is 4.13. The highest BCUT2D eigenvalue weighted by atomic mass is 35.5. The average molecular weight is 213 g/mol. The molecule has 0 aliphatic rings. The van der Waals surface area contributed by atoms with Gasteiger partial charge in [-0.2, -0.15) is 0 Å². The lowest BCUT2D eigenvalue weighted by molar-refractivity contribution is 0.340. The van der Waals surface area contributed by atoms with Gasteiger partial charge in [-0.1, -0.05) is 0 Å². The number of pyridine rings is 1. The number of nitrogens with zero attached hydrogens (tertiary/aromatic N) is 2. The first-order valence-electron chi connectivity index (χ1n) is 4.96. The molecule has 0 fully saturated rings. The molecule has 14 heavy (non-hydrogen) atoms. The van der Waals surface area contributed by atoms with Crippen LogP contribution in [-0.2, 0) is 6.42 Å². The molecule has 1 aromatic heterocycles. The molecule has 0 saturated heterocycles. The summed E-state index contributed by atoms with van der Waals surface area (Å²) in [7, 11) is 2.13. The Morgan fingerprint density at radius 1 is 1.29 bits per heavy atom. The fourth-order valence-corrected chi connectivity index (χ4v) is 1.43. The van der Waals surface area contributed by atoms with Crippen molar-refractivity contribution in [3.63, 3.8) is 0 Å². The van der Waals surface area contributed by atoms with E-state index in [0.717, 1.165) is 31.8 Å². The van der Waals surface area contributed by atoms with Crippen LogP contribution in [0.5, 0.6) is 0 Å². The van der Waals surface area contributed by atoms with Gasteiger partial charge in [0.2, 0.25) is 0 Å². The molecule has 0 aliphatic heterocycles. The SMILES string of the molecule is CN(CCCCl)CCc1ccncc1. The Hall–Kier alpha value is -0.600. The number of likely N-dealkylation sites (N-methyl/N-ethyl adjacent to an activating group) is 1. The second-order valence-electron chi connectivity index (χ2n) is 3.45. The highest BCUT2D eigenvalue weighted by Gasteiger charge is 1.98. The third-order valence-corrected chi connectivity index (χ3v) is 2.47. The van der Waals surface area contributed by atoms with Crippen LogP contribution in [0.2, 0.25) is 0 Å². The minimum atomic E-state index is 0.750. The average Bonchev–Trinajstić information content (AvgIpc) is 2.25. The minimum absolute atomic E-state index is 0.750. The number of hydrogen-bond donors (Lipinski definition) is 0.